The van der Waals surface area contributed by atoms with Gasteiger partial charge in [0.05, 0.1) is 15.9 Å². The van der Waals surface area contributed by atoms with Crippen LogP contribution in [0.25, 0.3) is 10.2 Å². The molecule has 1 aromatic heterocycles. The molecule has 7 nitrogen and oxygen atoms in total. The lowest BCUT2D eigenvalue weighted by atomic mass is 10.2. The largest absolute Gasteiger partial charge is 0.516 e. The van der Waals surface area contributed by atoms with Gasteiger partial charge in [0.2, 0.25) is 5.13 Å². The van der Waals surface area contributed by atoms with Gasteiger partial charge in [-0.25, -0.2) is 9.37 Å². The van der Waals surface area contributed by atoms with Crippen molar-refractivity contribution in [2.45, 2.75) is 23.9 Å². The summed E-state index contributed by atoms with van der Waals surface area (Å²) in [7, 11) is -6.38. The van der Waals surface area contributed by atoms with Crippen molar-refractivity contribution in [1.29, 1.82) is 0 Å². The van der Waals surface area contributed by atoms with E-state index in [1.807, 2.05) is 0 Å². The predicted molar refractivity (Wildman–Crippen MR) is 113 cm³/mol. The molecule has 39 heavy (non-hydrogen) atoms. The molecule has 0 aliphatic rings. The lowest BCUT2D eigenvalue weighted by Crippen LogP contribution is -2.55. The molecule has 0 fully saturated rings. The molecule has 0 aliphatic heterocycles. The number of thiazole rings is 1. The van der Waals surface area contributed by atoms with Gasteiger partial charge < -0.3 is 0 Å². The molecule has 0 amide bonds. The van der Waals surface area contributed by atoms with E-state index in [2.05, 4.69) is 15.2 Å². The minimum absolute atomic E-state index is 0.142. The quantitative estimate of drug-likeness (QED) is 0.167. The fourth-order valence-electron chi connectivity index (χ4n) is 2.77. The van der Waals surface area contributed by atoms with E-state index in [1.165, 1.54) is 6.07 Å². The Morgan fingerprint density at radius 3 is 2.10 bits per heavy atom. The summed E-state index contributed by atoms with van der Waals surface area (Å²) >= 11 is 0.687. The van der Waals surface area contributed by atoms with Gasteiger partial charge in [-0.1, -0.05) is 11.3 Å². The summed E-state index contributed by atoms with van der Waals surface area (Å²) in [6, 6.07) is -2.55. The van der Waals surface area contributed by atoms with Crippen molar-refractivity contribution in [3.05, 3.63) is 42.2 Å². The normalized spacial score (nSPS) is 13.8. The molecular formula is C18H9F12N5O2S2. The minimum atomic E-state index is -6.59. The van der Waals surface area contributed by atoms with Crippen molar-refractivity contribution in [2.75, 3.05) is 16.2 Å². The number of alkyl halides is 11. The van der Waals surface area contributed by atoms with Gasteiger partial charge in [0.15, 0.2) is 0 Å². The molecular weight excluding hydrogens is 610 g/mol. The van der Waals surface area contributed by atoms with Crippen molar-refractivity contribution < 1.29 is 61.1 Å². The van der Waals surface area contributed by atoms with E-state index in [1.54, 1.807) is 0 Å². The van der Waals surface area contributed by atoms with Gasteiger partial charge in [-0.15, -0.1) is 10.2 Å². The smallest absolute Gasteiger partial charge is 0.296 e. The van der Waals surface area contributed by atoms with Crippen LogP contribution in [-0.4, -0.2) is 43.9 Å². The Hall–Kier alpha value is -3.36. The number of rotatable bonds is 7. The molecule has 0 radical (unpaired) electrons. The van der Waals surface area contributed by atoms with Crippen LogP contribution in [0.15, 0.2) is 46.6 Å². The highest BCUT2D eigenvalue weighted by Crippen LogP contribution is 2.44. The maximum Gasteiger partial charge on any atom is 0.516 e. The zero-order valence-electron chi connectivity index (χ0n) is 18.1. The van der Waals surface area contributed by atoms with Crippen molar-refractivity contribution >= 4 is 53.8 Å². The first kappa shape index (κ1) is 30.2. The molecule has 0 spiro atoms. The molecule has 3 rings (SSSR count). The van der Waals surface area contributed by atoms with Gasteiger partial charge in [0.25, 0.3) is 0 Å². The standard InChI is InChI=1S/C18H9F12N5O2S2/c19-8-1-3-11-13(5-8)38-14(31-11)33-32-10-4-2-9(6-12(10)34-39(36,37)18(28,29)30)35(7-15(20,21)22)17(26,27)16(23,24)25/h1-6,34H,7H2. The molecule has 1 heterocycles. The first-order valence-corrected chi connectivity index (χ1v) is 11.9. The van der Waals surface area contributed by atoms with E-state index in [0.29, 0.717) is 17.4 Å². The van der Waals surface area contributed by atoms with Crippen LogP contribution in [0.5, 0.6) is 0 Å². The fraction of sp³-hybridized carbons (Fsp3) is 0.278. The van der Waals surface area contributed by atoms with E-state index in [9.17, 15) is 61.1 Å². The molecule has 21 heteroatoms. The highest BCUT2D eigenvalue weighted by atomic mass is 32.2. The van der Waals surface area contributed by atoms with Crippen LogP contribution in [-0.2, 0) is 10.0 Å². The molecule has 1 N–H and O–H groups in total. The maximum absolute atomic E-state index is 14.0. The zero-order chi connectivity index (χ0) is 29.6. The Labute approximate surface area is 212 Å². The van der Waals surface area contributed by atoms with Gasteiger partial charge in [0, 0.05) is 5.69 Å². The lowest BCUT2D eigenvalue weighted by molar-refractivity contribution is -0.285. The Morgan fingerprint density at radius 2 is 1.54 bits per heavy atom. The Bertz CT molecular complexity index is 1500. The number of halogens is 12. The highest BCUT2D eigenvalue weighted by molar-refractivity contribution is 7.93. The lowest BCUT2D eigenvalue weighted by Gasteiger charge is -2.34. The van der Waals surface area contributed by atoms with Crippen LogP contribution in [0.2, 0.25) is 0 Å². The maximum atomic E-state index is 14.0. The summed E-state index contributed by atoms with van der Waals surface area (Å²) in [6.07, 6.45) is -12.3. The second kappa shape index (κ2) is 9.99. The van der Waals surface area contributed by atoms with E-state index in [4.69, 9.17) is 0 Å². The molecule has 0 aliphatic carbocycles. The fourth-order valence-corrected chi connectivity index (χ4v) is 4.16. The number of azo groups is 1. The molecule has 0 unspecified atom stereocenters. The predicted octanol–water partition coefficient (Wildman–Crippen LogP) is 7.64. The number of hydrogen-bond acceptors (Lipinski definition) is 7. The van der Waals surface area contributed by atoms with Gasteiger partial charge in [-0.3, -0.25) is 9.62 Å². The van der Waals surface area contributed by atoms with Crippen LogP contribution in [0.4, 0.5) is 74.9 Å². The molecule has 0 atom stereocenters. The zero-order valence-corrected chi connectivity index (χ0v) is 19.8. The summed E-state index contributed by atoms with van der Waals surface area (Å²) in [5, 5.41) is 6.59. The summed E-state index contributed by atoms with van der Waals surface area (Å²) in [4.78, 5) is 2.35. The molecule has 2 aromatic carbocycles. The van der Waals surface area contributed by atoms with E-state index >= 15 is 0 Å². The Kier molecular flexibility index (Phi) is 7.73. The van der Waals surface area contributed by atoms with Gasteiger partial charge in [-0.2, -0.15) is 56.7 Å². The van der Waals surface area contributed by atoms with Gasteiger partial charge >= 0.3 is 33.9 Å². The first-order valence-electron chi connectivity index (χ1n) is 9.61. The molecule has 0 bridgehead atoms. The third-order valence-electron chi connectivity index (χ3n) is 4.44. The number of fused-ring (bicyclic) bond motifs is 1. The number of anilines is 2. The van der Waals surface area contributed by atoms with E-state index < -0.39 is 68.3 Å². The number of sulfonamides is 1. The number of nitrogens with zero attached hydrogens (tertiary/aromatic N) is 4. The minimum Gasteiger partial charge on any atom is -0.296 e. The van der Waals surface area contributed by atoms with E-state index in [-0.39, 0.29) is 27.5 Å². The summed E-state index contributed by atoms with van der Waals surface area (Å²) in [5.41, 5.74) is -9.94. The van der Waals surface area contributed by atoms with Crippen LogP contribution in [0, 0.1) is 5.82 Å². The number of aromatic nitrogens is 1. The van der Waals surface area contributed by atoms with Crippen molar-refractivity contribution in [3.8, 4) is 0 Å². The first-order chi connectivity index (χ1) is 17.6. The van der Waals surface area contributed by atoms with E-state index in [0.717, 1.165) is 16.9 Å². The third kappa shape index (κ3) is 6.81. The van der Waals surface area contributed by atoms with Crippen molar-refractivity contribution in [3.63, 3.8) is 0 Å². The summed E-state index contributed by atoms with van der Waals surface area (Å²) < 4.78 is 182. The monoisotopic (exact) mass is 619 g/mol. The molecule has 214 valence electrons. The van der Waals surface area contributed by atoms with Crippen LogP contribution >= 0.6 is 11.3 Å². The molecule has 3 aromatic rings. The molecule has 0 saturated carbocycles. The average molecular weight is 619 g/mol. The SMILES string of the molecule is O=S(=O)(Nc1cc(N(CC(F)(F)F)C(F)(F)C(F)(F)F)ccc1N=Nc1nc2ccc(F)cc2s1)C(F)(F)F. The summed E-state index contributed by atoms with van der Waals surface area (Å²) in [5.74, 6) is -0.673. The number of nitrogens with one attached hydrogen (secondary N) is 1. The topological polar surface area (TPSA) is 87.0 Å². The second-order valence-corrected chi connectivity index (χ2v) is 9.98. The van der Waals surface area contributed by atoms with Crippen molar-refractivity contribution in [2.24, 2.45) is 10.2 Å². The second-order valence-electron chi connectivity index (χ2n) is 7.30. The number of benzene rings is 2. The van der Waals surface area contributed by atoms with Crippen LogP contribution in [0.3, 0.4) is 0 Å². The Morgan fingerprint density at radius 1 is 0.897 bits per heavy atom. The third-order valence-corrected chi connectivity index (χ3v) is 6.44. The summed E-state index contributed by atoms with van der Waals surface area (Å²) in [6.45, 7) is -2.94. The van der Waals surface area contributed by atoms with Crippen LogP contribution in [0.1, 0.15) is 0 Å². The van der Waals surface area contributed by atoms with Gasteiger partial charge in [-0.05, 0) is 36.4 Å². The van der Waals surface area contributed by atoms with Crippen LogP contribution < -0.4 is 9.62 Å². The molecule has 0 saturated heterocycles. The Balaban J connectivity index is 2.15. The average Bonchev–Trinajstić information content (AvgIpc) is 3.16. The van der Waals surface area contributed by atoms with Crippen molar-refractivity contribution in [1.82, 2.24) is 4.98 Å². The highest BCUT2D eigenvalue weighted by Gasteiger charge is 2.63. The van der Waals surface area contributed by atoms with Gasteiger partial charge in [0.1, 0.15) is 18.0 Å². The number of hydrogen-bond donors (Lipinski definition) is 1.